The molecule has 154 valence electrons. The number of nitrogens with one attached hydrogen (secondary N) is 1. The van der Waals surface area contributed by atoms with Crippen molar-refractivity contribution in [2.24, 2.45) is 0 Å². The summed E-state index contributed by atoms with van der Waals surface area (Å²) in [7, 11) is 0. The molecule has 2 heterocycles. The zero-order chi connectivity index (χ0) is 21.0. The summed E-state index contributed by atoms with van der Waals surface area (Å²) in [4.78, 5) is 59.8. The van der Waals surface area contributed by atoms with Crippen LogP contribution in [0.1, 0.15) is 32.6 Å². The van der Waals surface area contributed by atoms with Gasteiger partial charge >= 0.3 is 23.6 Å². The van der Waals surface area contributed by atoms with Crippen molar-refractivity contribution in [1.29, 1.82) is 0 Å². The molecule has 28 heavy (non-hydrogen) atoms. The van der Waals surface area contributed by atoms with Crippen LogP contribution in [0, 0.1) is 0 Å². The lowest BCUT2D eigenvalue weighted by molar-refractivity contribution is -0.166. The SMILES string of the molecule is CC(=O)OC[C@H]1O[C@@H](n2cc(CF)c(=O)[nH]c2=O)[C@@H](OC(C)=O)[C@@H]1OC(C)=O. The lowest BCUT2D eigenvalue weighted by atomic mass is 10.1. The van der Waals surface area contributed by atoms with Crippen molar-refractivity contribution in [1.82, 2.24) is 9.55 Å². The third-order valence-corrected chi connectivity index (χ3v) is 3.80. The first-order chi connectivity index (χ1) is 13.1. The van der Waals surface area contributed by atoms with Gasteiger partial charge in [0.25, 0.3) is 5.56 Å². The van der Waals surface area contributed by atoms with Crippen molar-refractivity contribution >= 4 is 17.9 Å². The summed E-state index contributed by atoms with van der Waals surface area (Å²) in [6.07, 6.45) is -4.09. The number of halogens is 1. The average molecular weight is 402 g/mol. The molecule has 0 unspecified atom stereocenters. The number of rotatable bonds is 6. The summed E-state index contributed by atoms with van der Waals surface area (Å²) in [6.45, 7) is 1.82. The van der Waals surface area contributed by atoms with Gasteiger partial charge in [-0.25, -0.2) is 9.18 Å². The Morgan fingerprint density at radius 3 is 2.25 bits per heavy atom. The lowest BCUT2D eigenvalue weighted by Crippen LogP contribution is -2.42. The van der Waals surface area contributed by atoms with E-state index in [0.29, 0.717) is 0 Å². The number of hydrogen-bond donors (Lipinski definition) is 1. The molecule has 12 heteroatoms. The Morgan fingerprint density at radius 1 is 1.11 bits per heavy atom. The minimum Gasteiger partial charge on any atom is -0.463 e. The number of nitrogens with zero attached hydrogens (tertiary/aromatic N) is 1. The maximum Gasteiger partial charge on any atom is 0.330 e. The van der Waals surface area contributed by atoms with E-state index in [-0.39, 0.29) is 12.2 Å². The van der Waals surface area contributed by atoms with Gasteiger partial charge in [-0.2, -0.15) is 0 Å². The van der Waals surface area contributed by atoms with Crippen LogP contribution in [0.2, 0.25) is 0 Å². The number of ether oxygens (including phenoxy) is 4. The number of alkyl halides is 1. The number of aromatic nitrogens is 2. The molecular weight excluding hydrogens is 383 g/mol. The average Bonchev–Trinajstić information content (AvgIpc) is 2.89. The van der Waals surface area contributed by atoms with Crippen molar-refractivity contribution in [3.8, 4) is 0 Å². The van der Waals surface area contributed by atoms with E-state index in [2.05, 4.69) is 0 Å². The van der Waals surface area contributed by atoms with E-state index in [4.69, 9.17) is 18.9 Å². The third kappa shape index (κ3) is 4.82. The first-order valence-corrected chi connectivity index (χ1v) is 8.17. The van der Waals surface area contributed by atoms with Gasteiger partial charge in [0.05, 0.1) is 5.56 Å². The molecule has 11 nitrogen and oxygen atoms in total. The van der Waals surface area contributed by atoms with E-state index in [1.807, 2.05) is 4.98 Å². The van der Waals surface area contributed by atoms with Gasteiger partial charge in [0.15, 0.2) is 18.4 Å². The molecule has 1 aliphatic heterocycles. The van der Waals surface area contributed by atoms with Crippen LogP contribution in [-0.4, -0.2) is 52.4 Å². The third-order valence-electron chi connectivity index (χ3n) is 3.80. The summed E-state index contributed by atoms with van der Waals surface area (Å²) in [6, 6.07) is 0. The Morgan fingerprint density at radius 2 is 1.71 bits per heavy atom. The Balaban J connectivity index is 2.49. The van der Waals surface area contributed by atoms with Gasteiger partial charge in [0.2, 0.25) is 0 Å². The molecule has 0 aliphatic carbocycles. The van der Waals surface area contributed by atoms with Gasteiger partial charge in [-0.15, -0.1) is 0 Å². The highest BCUT2D eigenvalue weighted by Gasteiger charge is 2.51. The standard InChI is InChI=1S/C16H19FN2O9/c1-7(20)25-6-11-12(26-8(2)21)13(27-9(3)22)15(28-11)19-5-10(4-17)14(23)18-16(19)24/h5,11-13,15H,4,6H2,1-3H3,(H,18,23,24)/t11-,12-,13+,15-/m1/s1. The molecule has 0 saturated carbocycles. The zero-order valence-corrected chi connectivity index (χ0v) is 15.3. The predicted molar refractivity (Wildman–Crippen MR) is 87.8 cm³/mol. The fraction of sp³-hybridized carbons (Fsp3) is 0.562. The van der Waals surface area contributed by atoms with Crippen molar-refractivity contribution in [2.45, 2.75) is 52.0 Å². The monoisotopic (exact) mass is 402 g/mol. The topological polar surface area (TPSA) is 143 Å². The second-order valence-corrected chi connectivity index (χ2v) is 5.97. The second-order valence-electron chi connectivity index (χ2n) is 5.97. The smallest absolute Gasteiger partial charge is 0.330 e. The molecule has 0 amide bonds. The lowest BCUT2D eigenvalue weighted by Gasteiger charge is -2.24. The molecule has 2 rings (SSSR count). The summed E-state index contributed by atoms with van der Waals surface area (Å²) in [5, 5.41) is 0. The largest absolute Gasteiger partial charge is 0.463 e. The Labute approximate surface area is 157 Å². The molecule has 1 aliphatic rings. The van der Waals surface area contributed by atoms with Crippen LogP contribution >= 0.6 is 0 Å². The summed E-state index contributed by atoms with van der Waals surface area (Å²) >= 11 is 0. The van der Waals surface area contributed by atoms with Crippen LogP contribution in [0.5, 0.6) is 0 Å². The van der Waals surface area contributed by atoms with E-state index >= 15 is 0 Å². The first kappa shape index (κ1) is 21.3. The van der Waals surface area contributed by atoms with E-state index in [0.717, 1.165) is 31.5 Å². The Hall–Kier alpha value is -3.02. The quantitative estimate of drug-likeness (QED) is 0.484. The van der Waals surface area contributed by atoms with Crippen LogP contribution in [-0.2, 0) is 40.0 Å². The zero-order valence-electron chi connectivity index (χ0n) is 15.3. The first-order valence-electron chi connectivity index (χ1n) is 8.17. The van der Waals surface area contributed by atoms with Crippen molar-refractivity contribution in [3.63, 3.8) is 0 Å². The van der Waals surface area contributed by atoms with E-state index in [1.54, 1.807) is 0 Å². The van der Waals surface area contributed by atoms with Crippen LogP contribution in [0.4, 0.5) is 4.39 Å². The Bertz CT molecular complexity index is 878. The fourth-order valence-electron chi connectivity index (χ4n) is 2.73. The molecule has 0 aromatic carbocycles. The molecule has 4 atom stereocenters. The van der Waals surface area contributed by atoms with Crippen molar-refractivity contribution in [2.75, 3.05) is 6.61 Å². The normalized spacial score (nSPS) is 23.9. The van der Waals surface area contributed by atoms with E-state index in [9.17, 15) is 28.4 Å². The van der Waals surface area contributed by atoms with Crippen molar-refractivity contribution in [3.05, 3.63) is 32.6 Å². The number of hydrogen-bond acceptors (Lipinski definition) is 9. The molecule has 1 aromatic rings. The van der Waals surface area contributed by atoms with Crippen LogP contribution in [0.3, 0.4) is 0 Å². The minimum absolute atomic E-state index is 0.364. The van der Waals surface area contributed by atoms with Gasteiger partial charge in [-0.1, -0.05) is 0 Å². The van der Waals surface area contributed by atoms with Crippen LogP contribution in [0.25, 0.3) is 0 Å². The molecule has 0 radical (unpaired) electrons. The van der Waals surface area contributed by atoms with Gasteiger partial charge in [0.1, 0.15) is 19.4 Å². The van der Waals surface area contributed by atoms with Gasteiger partial charge in [0, 0.05) is 27.0 Å². The van der Waals surface area contributed by atoms with Crippen LogP contribution < -0.4 is 11.2 Å². The summed E-state index contributed by atoms with van der Waals surface area (Å²) in [5.74, 6) is -2.15. The number of H-pyrrole nitrogens is 1. The molecule has 1 fully saturated rings. The predicted octanol–water partition coefficient (Wildman–Crippen LogP) is -0.670. The summed E-state index contributed by atoms with van der Waals surface area (Å²) in [5.41, 5.74) is -2.24. The van der Waals surface area contributed by atoms with Gasteiger partial charge in [-0.3, -0.25) is 28.7 Å². The van der Waals surface area contributed by atoms with Gasteiger partial charge in [-0.05, 0) is 0 Å². The highest BCUT2D eigenvalue weighted by atomic mass is 19.1. The number of carbonyl (C=O) groups excluding carboxylic acids is 3. The minimum atomic E-state index is -1.37. The molecule has 0 spiro atoms. The highest BCUT2D eigenvalue weighted by molar-refractivity contribution is 5.68. The molecular formula is C16H19FN2O9. The van der Waals surface area contributed by atoms with E-state index < -0.39 is 60.4 Å². The summed E-state index contributed by atoms with van der Waals surface area (Å²) < 4.78 is 34.7. The van der Waals surface area contributed by atoms with E-state index in [1.165, 1.54) is 0 Å². The highest BCUT2D eigenvalue weighted by Crippen LogP contribution is 2.33. The molecule has 0 bridgehead atoms. The molecule has 1 saturated heterocycles. The number of carbonyl (C=O) groups is 3. The van der Waals surface area contributed by atoms with Crippen LogP contribution in [0.15, 0.2) is 15.8 Å². The molecule has 1 aromatic heterocycles. The maximum atomic E-state index is 13.0. The molecule has 1 N–H and O–H groups in total. The Kier molecular flexibility index (Phi) is 6.67. The number of esters is 3. The van der Waals surface area contributed by atoms with Crippen molar-refractivity contribution < 1.29 is 37.7 Å². The fourth-order valence-corrected chi connectivity index (χ4v) is 2.73. The maximum absolute atomic E-state index is 13.0. The second kappa shape index (κ2) is 8.78. The number of aromatic amines is 1. The van der Waals surface area contributed by atoms with Gasteiger partial charge < -0.3 is 18.9 Å².